The second kappa shape index (κ2) is 2.42. The highest BCUT2D eigenvalue weighted by Gasteiger charge is 2.32. The summed E-state index contributed by atoms with van der Waals surface area (Å²) in [5, 5.41) is 0. The Labute approximate surface area is 59.8 Å². The van der Waals surface area contributed by atoms with Gasteiger partial charge in [0.1, 0.15) is 6.10 Å². The van der Waals surface area contributed by atoms with Gasteiger partial charge in [0.15, 0.2) is 0 Å². The summed E-state index contributed by atoms with van der Waals surface area (Å²) in [6.45, 7) is 3.65. The smallest absolute Gasteiger partial charge is 0.244 e. The highest BCUT2D eigenvalue weighted by Crippen LogP contribution is 2.23. The van der Waals surface area contributed by atoms with Crippen LogP contribution < -0.4 is 5.73 Å². The Kier molecular flexibility index (Phi) is 1.76. The van der Waals surface area contributed by atoms with Gasteiger partial charge in [-0.1, -0.05) is 0 Å². The van der Waals surface area contributed by atoms with Crippen molar-refractivity contribution >= 4 is 5.91 Å². The number of primary amides is 1. The Morgan fingerprint density at radius 2 is 2.20 bits per heavy atom. The van der Waals surface area contributed by atoms with Gasteiger partial charge in [-0.2, -0.15) is 0 Å². The number of carbonyl (C=O) groups is 1. The molecule has 1 aliphatic heterocycles. The summed E-state index contributed by atoms with van der Waals surface area (Å²) in [5.74, 6) is -0.372. The molecule has 0 radical (unpaired) electrons. The third kappa shape index (κ3) is 1.57. The quantitative estimate of drug-likeness (QED) is 0.441. The highest BCUT2D eigenvalue weighted by molar-refractivity contribution is 5.91. The van der Waals surface area contributed by atoms with Gasteiger partial charge in [0.25, 0.3) is 0 Å². The van der Waals surface area contributed by atoms with Gasteiger partial charge in [-0.05, 0) is 19.9 Å². The topological polar surface area (TPSA) is 55.6 Å². The highest BCUT2D eigenvalue weighted by atomic mass is 16.6. The van der Waals surface area contributed by atoms with Crippen molar-refractivity contribution in [3.8, 4) is 0 Å². The molecular weight excluding hydrogens is 130 g/mol. The first-order chi connectivity index (χ1) is 4.61. The fourth-order valence-electron chi connectivity index (χ4n) is 0.706. The van der Waals surface area contributed by atoms with Crippen molar-refractivity contribution in [2.45, 2.75) is 26.1 Å². The molecule has 3 nitrogen and oxygen atoms in total. The summed E-state index contributed by atoms with van der Waals surface area (Å²) in [5.41, 5.74) is 5.57. The molecule has 1 saturated heterocycles. The van der Waals surface area contributed by atoms with E-state index in [2.05, 4.69) is 0 Å². The van der Waals surface area contributed by atoms with Crippen LogP contribution >= 0.6 is 0 Å². The van der Waals surface area contributed by atoms with E-state index < -0.39 is 0 Å². The fourth-order valence-corrected chi connectivity index (χ4v) is 0.706. The molecular formula is C7H11NO2. The largest absolute Gasteiger partial charge is 0.366 e. The molecule has 2 N–H and O–H groups in total. The summed E-state index contributed by atoms with van der Waals surface area (Å²) in [7, 11) is 0. The van der Waals surface area contributed by atoms with Crippen molar-refractivity contribution in [1.29, 1.82) is 0 Å². The summed E-state index contributed by atoms with van der Waals surface area (Å²) < 4.78 is 5.05. The predicted molar refractivity (Wildman–Crippen MR) is 37.3 cm³/mol. The van der Waals surface area contributed by atoms with E-state index in [9.17, 15) is 4.79 Å². The van der Waals surface area contributed by atoms with Crippen LogP contribution in [0.4, 0.5) is 0 Å². The van der Waals surface area contributed by atoms with Gasteiger partial charge in [0.2, 0.25) is 5.91 Å². The van der Waals surface area contributed by atoms with Gasteiger partial charge in [0.05, 0.1) is 6.10 Å². The van der Waals surface area contributed by atoms with E-state index in [1.807, 2.05) is 6.92 Å². The Balaban J connectivity index is 2.47. The van der Waals surface area contributed by atoms with Gasteiger partial charge in [-0.25, -0.2) is 0 Å². The molecule has 1 aliphatic rings. The van der Waals surface area contributed by atoms with Crippen LogP contribution in [-0.2, 0) is 9.53 Å². The average Bonchev–Trinajstić information content (AvgIpc) is 2.46. The molecule has 0 spiro atoms. The van der Waals surface area contributed by atoms with Crippen molar-refractivity contribution in [2.75, 3.05) is 0 Å². The third-order valence-corrected chi connectivity index (χ3v) is 1.56. The minimum atomic E-state index is -0.372. The second-order valence-corrected chi connectivity index (χ2v) is 2.52. The number of ether oxygens (including phenoxy) is 1. The molecule has 56 valence electrons. The number of rotatable bonds is 2. The minimum absolute atomic E-state index is 0.118. The molecule has 0 bridgehead atoms. The van der Waals surface area contributed by atoms with Gasteiger partial charge >= 0.3 is 0 Å². The minimum Gasteiger partial charge on any atom is -0.366 e. The maximum atomic E-state index is 10.5. The van der Waals surface area contributed by atoms with Gasteiger partial charge in [0, 0.05) is 5.57 Å². The molecule has 0 aromatic heterocycles. The zero-order valence-corrected chi connectivity index (χ0v) is 6.13. The van der Waals surface area contributed by atoms with E-state index in [4.69, 9.17) is 10.5 Å². The third-order valence-electron chi connectivity index (χ3n) is 1.56. The van der Waals surface area contributed by atoms with E-state index in [0.717, 1.165) is 0 Å². The molecule has 1 heterocycles. The van der Waals surface area contributed by atoms with Crippen LogP contribution in [0.1, 0.15) is 13.8 Å². The van der Waals surface area contributed by atoms with Crippen LogP contribution in [0.5, 0.6) is 0 Å². The van der Waals surface area contributed by atoms with E-state index in [0.29, 0.717) is 5.57 Å². The summed E-state index contributed by atoms with van der Waals surface area (Å²) in [4.78, 5) is 10.5. The Bertz CT molecular complexity index is 186. The van der Waals surface area contributed by atoms with Crippen LogP contribution in [0.15, 0.2) is 11.6 Å². The van der Waals surface area contributed by atoms with E-state index >= 15 is 0 Å². The standard InChI is InChI=1S/C7H11NO2/c1-4(7(8)9)3-6-5(2)10-6/h3,5-6H,1-2H3,(H2,8,9)/b4-3+. The molecule has 0 aromatic carbocycles. The number of amides is 1. The van der Waals surface area contributed by atoms with E-state index in [1.54, 1.807) is 13.0 Å². The maximum Gasteiger partial charge on any atom is 0.244 e. The molecule has 2 unspecified atom stereocenters. The van der Waals surface area contributed by atoms with Crippen molar-refractivity contribution in [1.82, 2.24) is 0 Å². The van der Waals surface area contributed by atoms with Crippen LogP contribution in [0.25, 0.3) is 0 Å². The Morgan fingerprint density at radius 1 is 1.70 bits per heavy atom. The van der Waals surface area contributed by atoms with Crippen molar-refractivity contribution < 1.29 is 9.53 Å². The summed E-state index contributed by atoms with van der Waals surface area (Å²) >= 11 is 0. The Morgan fingerprint density at radius 3 is 2.50 bits per heavy atom. The first-order valence-electron chi connectivity index (χ1n) is 3.25. The van der Waals surface area contributed by atoms with Crippen LogP contribution in [-0.4, -0.2) is 18.1 Å². The van der Waals surface area contributed by atoms with Crippen LogP contribution in [0.3, 0.4) is 0 Å². The number of hydrogen-bond donors (Lipinski definition) is 1. The monoisotopic (exact) mass is 141 g/mol. The zero-order chi connectivity index (χ0) is 7.72. The lowest BCUT2D eigenvalue weighted by atomic mass is 10.2. The van der Waals surface area contributed by atoms with E-state index in [1.165, 1.54) is 0 Å². The fraction of sp³-hybridized carbons (Fsp3) is 0.571. The SMILES string of the molecule is C/C(=C\C1OC1C)C(N)=O. The first-order valence-corrected chi connectivity index (χ1v) is 3.25. The lowest BCUT2D eigenvalue weighted by molar-refractivity contribution is -0.114. The van der Waals surface area contributed by atoms with Crippen molar-refractivity contribution in [3.63, 3.8) is 0 Å². The number of epoxide rings is 1. The molecule has 1 rings (SSSR count). The molecule has 0 aliphatic carbocycles. The van der Waals surface area contributed by atoms with E-state index in [-0.39, 0.29) is 18.1 Å². The second-order valence-electron chi connectivity index (χ2n) is 2.52. The van der Waals surface area contributed by atoms with Crippen LogP contribution in [0.2, 0.25) is 0 Å². The zero-order valence-electron chi connectivity index (χ0n) is 6.13. The van der Waals surface area contributed by atoms with Gasteiger partial charge in [-0.3, -0.25) is 4.79 Å². The Hall–Kier alpha value is -0.830. The molecule has 1 amide bonds. The molecule has 3 heteroatoms. The summed E-state index contributed by atoms with van der Waals surface area (Å²) in [6, 6.07) is 0. The summed E-state index contributed by atoms with van der Waals surface area (Å²) in [6.07, 6.45) is 2.13. The molecule has 1 fully saturated rings. The molecule has 0 aromatic rings. The van der Waals surface area contributed by atoms with Gasteiger partial charge < -0.3 is 10.5 Å². The maximum absolute atomic E-state index is 10.5. The molecule has 10 heavy (non-hydrogen) atoms. The average molecular weight is 141 g/mol. The predicted octanol–water partition coefficient (Wildman–Crippen LogP) is 0.205. The number of carbonyl (C=O) groups excluding carboxylic acids is 1. The first kappa shape index (κ1) is 7.28. The van der Waals surface area contributed by atoms with Crippen LogP contribution in [0, 0.1) is 0 Å². The number of hydrogen-bond acceptors (Lipinski definition) is 2. The normalized spacial score (nSPS) is 32.0. The van der Waals surface area contributed by atoms with Crippen molar-refractivity contribution in [3.05, 3.63) is 11.6 Å². The van der Waals surface area contributed by atoms with Gasteiger partial charge in [-0.15, -0.1) is 0 Å². The van der Waals surface area contributed by atoms with Crippen molar-refractivity contribution in [2.24, 2.45) is 5.73 Å². The molecule has 2 atom stereocenters. The lowest BCUT2D eigenvalue weighted by Crippen LogP contribution is -2.12. The lowest BCUT2D eigenvalue weighted by Gasteiger charge is -1.89. The molecule has 0 saturated carbocycles. The number of nitrogens with two attached hydrogens (primary N) is 1.